The summed E-state index contributed by atoms with van der Waals surface area (Å²) < 4.78 is 17.7. The molecule has 1 atom stereocenters. The van der Waals surface area contributed by atoms with Crippen LogP contribution in [0.15, 0.2) is 18.2 Å². The third kappa shape index (κ3) is 3.31. The molecule has 0 N–H and O–H groups in total. The average molecular weight is 279 g/mol. The van der Waals surface area contributed by atoms with Gasteiger partial charge < -0.3 is 13.9 Å². The van der Waals surface area contributed by atoms with E-state index in [1.807, 2.05) is 18.2 Å². The highest BCUT2D eigenvalue weighted by atomic mass is 28.4. The summed E-state index contributed by atoms with van der Waals surface area (Å²) in [6.07, 6.45) is -0.0302. The lowest BCUT2D eigenvalue weighted by Gasteiger charge is -2.37. The van der Waals surface area contributed by atoms with Gasteiger partial charge in [0.25, 0.3) is 0 Å². The van der Waals surface area contributed by atoms with Gasteiger partial charge in [-0.15, -0.1) is 0 Å². The van der Waals surface area contributed by atoms with Gasteiger partial charge >= 0.3 is 0 Å². The molecule has 0 spiro atoms. The molecule has 1 heterocycles. The molecular formula is C15H23O3Si. The molecule has 0 unspecified atom stereocenters. The van der Waals surface area contributed by atoms with Gasteiger partial charge in [0.1, 0.15) is 6.61 Å². The molecule has 2 rings (SSSR count). The molecule has 0 fully saturated rings. The van der Waals surface area contributed by atoms with Crippen LogP contribution in [0.4, 0.5) is 0 Å². The molecule has 1 aliphatic heterocycles. The van der Waals surface area contributed by atoms with E-state index in [1.54, 1.807) is 0 Å². The number of benzene rings is 1. The molecule has 1 aromatic carbocycles. The summed E-state index contributed by atoms with van der Waals surface area (Å²) in [4.78, 5) is 0. The minimum atomic E-state index is -1.72. The number of rotatable bonds is 3. The highest BCUT2D eigenvalue weighted by molar-refractivity contribution is 6.74. The number of hydrogen-bond donors (Lipinski definition) is 0. The fourth-order valence-electron chi connectivity index (χ4n) is 1.61. The van der Waals surface area contributed by atoms with E-state index in [9.17, 15) is 0 Å². The molecule has 4 heteroatoms. The Kier molecular flexibility index (Phi) is 3.92. The van der Waals surface area contributed by atoms with Crippen LogP contribution in [-0.2, 0) is 4.43 Å². The molecule has 0 saturated carbocycles. The fraction of sp³-hybridized carbons (Fsp3) is 0.600. The van der Waals surface area contributed by atoms with Crippen LogP contribution >= 0.6 is 0 Å². The maximum atomic E-state index is 6.17. The van der Waals surface area contributed by atoms with Crippen LogP contribution in [0, 0.1) is 6.07 Å². The molecule has 0 aliphatic carbocycles. The van der Waals surface area contributed by atoms with Crippen LogP contribution in [0.25, 0.3) is 0 Å². The lowest BCUT2D eigenvalue weighted by molar-refractivity contribution is 0.0492. The molecule has 19 heavy (non-hydrogen) atoms. The summed E-state index contributed by atoms with van der Waals surface area (Å²) in [5.41, 5.74) is 0. The molecule has 0 bridgehead atoms. The maximum Gasteiger partial charge on any atom is 0.192 e. The number of ether oxygens (including phenoxy) is 2. The van der Waals surface area contributed by atoms with E-state index in [4.69, 9.17) is 13.9 Å². The highest BCUT2D eigenvalue weighted by Crippen LogP contribution is 2.37. The van der Waals surface area contributed by atoms with Crippen LogP contribution < -0.4 is 9.47 Å². The fourth-order valence-corrected chi connectivity index (χ4v) is 2.64. The van der Waals surface area contributed by atoms with Crippen molar-refractivity contribution in [3.05, 3.63) is 24.3 Å². The van der Waals surface area contributed by atoms with Crippen LogP contribution in [0.1, 0.15) is 20.8 Å². The first-order valence-electron chi connectivity index (χ1n) is 6.73. The van der Waals surface area contributed by atoms with Crippen LogP contribution in [0.5, 0.6) is 11.5 Å². The molecule has 1 aromatic rings. The Morgan fingerprint density at radius 2 is 2.11 bits per heavy atom. The van der Waals surface area contributed by atoms with E-state index in [0.717, 1.165) is 11.5 Å². The van der Waals surface area contributed by atoms with Gasteiger partial charge in [0, 0.05) is 0 Å². The molecule has 105 valence electrons. The van der Waals surface area contributed by atoms with E-state index in [2.05, 4.69) is 39.9 Å². The van der Waals surface area contributed by atoms with Crippen molar-refractivity contribution >= 4 is 8.32 Å². The summed E-state index contributed by atoms with van der Waals surface area (Å²) in [5.74, 6) is 1.56. The van der Waals surface area contributed by atoms with E-state index in [1.165, 1.54) is 0 Å². The quantitative estimate of drug-likeness (QED) is 0.791. The second-order valence-electron chi connectivity index (χ2n) is 6.50. The van der Waals surface area contributed by atoms with Crippen molar-refractivity contribution in [3.8, 4) is 11.5 Å². The van der Waals surface area contributed by atoms with Crippen molar-refractivity contribution in [3.63, 3.8) is 0 Å². The Morgan fingerprint density at radius 1 is 1.37 bits per heavy atom. The summed E-state index contributed by atoms with van der Waals surface area (Å²) in [6, 6.07) is 8.52. The monoisotopic (exact) mass is 279 g/mol. The minimum Gasteiger partial charge on any atom is -0.486 e. The summed E-state index contributed by atoms with van der Waals surface area (Å²) in [7, 11) is -1.72. The topological polar surface area (TPSA) is 27.7 Å². The first-order valence-corrected chi connectivity index (χ1v) is 9.64. The highest BCUT2D eigenvalue weighted by Gasteiger charge is 2.38. The second-order valence-corrected chi connectivity index (χ2v) is 11.3. The maximum absolute atomic E-state index is 6.17. The van der Waals surface area contributed by atoms with Crippen molar-refractivity contribution < 1.29 is 13.9 Å². The lowest BCUT2D eigenvalue weighted by Crippen LogP contribution is -2.45. The minimum absolute atomic E-state index is 0.0302. The third-order valence-corrected chi connectivity index (χ3v) is 8.44. The molecule has 1 aliphatic rings. The van der Waals surface area contributed by atoms with Crippen molar-refractivity contribution in [2.45, 2.75) is 45.0 Å². The summed E-state index contributed by atoms with van der Waals surface area (Å²) >= 11 is 0. The standard InChI is InChI=1S/C15H23O3Si/c1-15(2,3)19(4,5)17-11-12-10-16-13-8-6-7-9-14(13)18-12/h6,8-9,12H,10-11H2,1-5H3/t12-/m1/s1. The summed E-state index contributed by atoms with van der Waals surface area (Å²) in [5, 5.41) is 0.216. The van der Waals surface area contributed by atoms with Crippen molar-refractivity contribution in [2.24, 2.45) is 0 Å². The number of fused-ring (bicyclic) bond motifs is 1. The van der Waals surface area contributed by atoms with Gasteiger partial charge in [-0.2, -0.15) is 0 Å². The molecule has 0 saturated heterocycles. The van der Waals surface area contributed by atoms with Crippen LogP contribution in [-0.4, -0.2) is 27.6 Å². The molecule has 1 radical (unpaired) electrons. The molecular weight excluding hydrogens is 256 g/mol. The molecule has 3 nitrogen and oxygen atoms in total. The van der Waals surface area contributed by atoms with Gasteiger partial charge in [-0.1, -0.05) is 26.8 Å². The Labute approximate surface area is 117 Å². The Morgan fingerprint density at radius 3 is 2.79 bits per heavy atom. The zero-order valence-corrected chi connectivity index (χ0v) is 13.4. The van der Waals surface area contributed by atoms with Crippen LogP contribution in [0.3, 0.4) is 0 Å². The van der Waals surface area contributed by atoms with E-state index >= 15 is 0 Å². The third-order valence-electron chi connectivity index (χ3n) is 3.94. The zero-order chi connectivity index (χ0) is 14.1. The van der Waals surface area contributed by atoms with Crippen molar-refractivity contribution in [2.75, 3.05) is 13.2 Å². The first kappa shape index (κ1) is 14.4. The van der Waals surface area contributed by atoms with E-state index < -0.39 is 8.32 Å². The Balaban J connectivity index is 1.93. The molecule has 0 aromatic heterocycles. The molecule has 0 amide bonds. The van der Waals surface area contributed by atoms with Gasteiger partial charge in [-0.05, 0) is 36.3 Å². The lowest BCUT2D eigenvalue weighted by atomic mass is 10.2. The Hall–Kier alpha value is -1.00. The largest absolute Gasteiger partial charge is 0.486 e. The van der Waals surface area contributed by atoms with Crippen molar-refractivity contribution in [1.29, 1.82) is 0 Å². The van der Waals surface area contributed by atoms with Gasteiger partial charge in [0.2, 0.25) is 0 Å². The zero-order valence-electron chi connectivity index (χ0n) is 12.4. The average Bonchev–Trinajstić information content (AvgIpc) is 2.35. The number of hydrogen-bond acceptors (Lipinski definition) is 3. The van der Waals surface area contributed by atoms with Gasteiger partial charge in [0.15, 0.2) is 25.9 Å². The normalized spacial score (nSPS) is 19.3. The SMILES string of the molecule is CC(C)(C)[Si](C)(C)OC[C@H]1COc2cc[c]cc2O1. The van der Waals surface area contributed by atoms with Gasteiger partial charge in [-0.3, -0.25) is 0 Å². The summed E-state index contributed by atoms with van der Waals surface area (Å²) in [6.45, 7) is 12.3. The Bertz CT molecular complexity index is 437. The van der Waals surface area contributed by atoms with E-state index in [-0.39, 0.29) is 11.1 Å². The van der Waals surface area contributed by atoms with Gasteiger partial charge in [0.05, 0.1) is 6.61 Å². The van der Waals surface area contributed by atoms with E-state index in [0.29, 0.717) is 13.2 Å². The predicted molar refractivity (Wildman–Crippen MR) is 78.3 cm³/mol. The van der Waals surface area contributed by atoms with Crippen molar-refractivity contribution in [1.82, 2.24) is 0 Å². The smallest absolute Gasteiger partial charge is 0.192 e. The second kappa shape index (κ2) is 5.17. The predicted octanol–water partition coefficient (Wildman–Crippen LogP) is 3.65. The van der Waals surface area contributed by atoms with Gasteiger partial charge in [-0.25, -0.2) is 0 Å². The van der Waals surface area contributed by atoms with Crippen LogP contribution in [0.2, 0.25) is 18.1 Å². The first-order chi connectivity index (χ1) is 8.79.